The maximum atomic E-state index is 12.9. The lowest BCUT2D eigenvalue weighted by molar-refractivity contribution is 0.0926. The van der Waals surface area contributed by atoms with Crippen LogP contribution in [-0.4, -0.2) is 26.2 Å². The van der Waals surface area contributed by atoms with Gasteiger partial charge in [0.05, 0.1) is 12.6 Å². The van der Waals surface area contributed by atoms with E-state index in [0.29, 0.717) is 31.3 Å². The van der Waals surface area contributed by atoms with E-state index in [0.717, 1.165) is 35.5 Å². The maximum absolute atomic E-state index is 12.9. The summed E-state index contributed by atoms with van der Waals surface area (Å²) in [4.78, 5) is 12.9. The topological polar surface area (TPSA) is 56.8 Å². The molecule has 136 valence electrons. The number of fused-ring (bicyclic) bond motifs is 1. The number of rotatable bonds is 6. The van der Waals surface area contributed by atoms with Crippen LogP contribution in [0.1, 0.15) is 40.4 Å². The van der Waals surface area contributed by atoms with Gasteiger partial charge in [0.15, 0.2) is 11.5 Å². The van der Waals surface area contributed by atoms with Crippen LogP contribution in [0.2, 0.25) is 0 Å². The average molecular weight is 353 g/mol. The SMILES string of the molecule is COCc1ccccc1C(=O)N[C@H](c1ccc2c(c1)OCCO2)C1CC1. The Balaban J connectivity index is 1.57. The van der Waals surface area contributed by atoms with Gasteiger partial charge in [-0.2, -0.15) is 0 Å². The molecule has 0 saturated heterocycles. The highest BCUT2D eigenvalue weighted by Crippen LogP contribution is 2.43. The number of hydrogen-bond acceptors (Lipinski definition) is 4. The van der Waals surface area contributed by atoms with Gasteiger partial charge in [-0.05, 0) is 48.1 Å². The van der Waals surface area contributed by atoms with Crippen molar-refractivity contribution in [3.63, 3.8) is 0 Å². The summed E-state index contributed by atoms with van der Waals surface area (Å²) < 4.78 is 16.5. The molecule has 2 aromatic rings. The molecule has 0 bridgehead atoms. The lowest BCUT2D eigenvalue weighted by atomic mass is 10.00. The Kier molecular flexibility index (Phi) is 4.80. The maximum Gasteiger partial charge on any atom is 0.252 e. The first-order valence-electron chi connectivity index (χ1n) is 9.03. The van der Waals surface area contributed by atoms with Crippen LogP contribution in [-0.2, 0) is 11.3 Å². The second-order valence-electron chi connectivity index (χ2n) is 6.78. The molecule has 1 N–H and O–H groups in total. The van der Waals surface area contributed by atoms with E-state index in [2.05, 4.69) is 5.32 Å². The van der Waals surface area contributed by atoms with Gasteiger partial charge in [0, 0.05) is 12.7 Å². The Bertz CT molecular complexity index is 800. The Morgan fingerprint density at radius 2 is 1.92 bits per heavy atom. The largest absolute Gasteiger partial charge is 0.486 e. The fourth-order valence-corrected chi connectivity index (χ4v) is 3.40. The smallest absolute Gasteiger partial charge is 0.252 e. The molecule has 1 aliphatic heterocycles. The molecule has 1 fully saturated rings. The van der Waals surface area contributed by atoms with Crippen LogP contribution in [0.5, 0.6) is 11.5 Å². The van der Waals surface area contributed by atoms with Gasteiger partial charge in [-0.3, -0.25) is 4.79 Å². The summed E-state index contributed by atoms with van der Waals surface area (Å²) >= 11 is 0. The molecule has 4 rings (SSSR count). The fourth-order valence-electron chi connectivity index (χ4n) is 3.40. The molecule has 5 heteroatoms. The number of benzene rings is 2. The zero-order chi connectivity index (χ0) is 17.9. The third-order valence-electron chi connectivity index (χ3n) is 4.87. The molecule has 1 saturated carbocycles. The van der Waals surface area contributed by atoms with Crippen molar-refractivity contribution in [2.45, 2.75) is 25.5 Å². The van der Waals surface area contributed by atoms with Crippen molar-refractivity contribution in [3.05, 3.63) is 59.2 Å². The summed E-state index contributed by atoms with van der Waals surface area (Å²) in [6, 6.07) is 13.5. The highest BCUT2D eigenvalue weighted by molar-refractivity contribution is 5.96. The Morgan fingerprint density at radius 3 is 2.69 bits per heavy atom. The van der Waals surface area contributed by atoms with Crippen molar-refractivity contribution >= 4 is 5.91 Å². The Hall–Kier alpha value is -2.53. The van der Waals surface area contributed by atoms with Gasteiger partial charge in [0.25, 0.3) is 5.91 Å². The van der Waals surface area contributed by atoms with Crippen LogP contribution in [0.15, 0.2) is 42.5 Å². The van der Waals surface area contributed by atoms with Gasteiger partial charge in [-0.1, -0.05) is 24.3 Å². The minimum atomic E-state index is -0.0653. The van der Waals surface area contributed by atoms with Crippen LogP contribution < -0.4 is 14.8 Å². The monoisotopic (exact) mass is 353 g/mol. The third-order valence-corrected chi connectivity index (χ3v) is 4.87. The van der Waals surface area contributed by atoms with Gasteiger partial charge in [-0.15, -0.1) is 0 Å². The zero-order valence-electron chi connectivity index (χ0n) is 14.9. The molecule has 1 amide bonds. The molecule has 1 atom stereocenters. The number of carbonyl (C=O) groups excluding carboxylic acids is 1. The average Bonchev–Trinajstić information content (AvgIpc) is 3.51. The van der Waals surface area contributed by atoms with E-state index in [-0.39, 0.29) is 11.9 Å². The van der Waals surface area contributed by atoms with E-state index in [4.69, 9.17) is 14.2 Å². The van der Waals surface area contributed by atoms with E-state index < -0.39 is 0 Å². The number of carbonyl (C=O) groups is 1. The zero-order valence-corrected chi connectivity index (χ0v) is 14.9. The highest BCUT2D eigenvalue weighted by Gasteiger charge is 2.34. The molecule has 0 radical (unpaired) electrons. The van der Waals surface area contributed by atoms with Crippen LogP contribution >= 0.6 is 0 Å². The van der Waals surface area contributed by atoms with Crippen LogP contribution in [0, 0.1) is 5.92 Å². The van der Waals surface area contributed by atoms with Crippen LogP contribution in [0.25, 0.3) is 0 Å². The molecular formula is C21H23NO4. The first-order chi connectivity index (χ1) is 12.8. The Labute approximate surface area is 153 Å². The molecule has 0 spiro atoms. The third kappa shape index (κ3) is 3.53. The summed E-state index contributed by atoms with van der Waals surface area (Å²) in [6.45, 7) is 1.55. The quantitative estimate of drug-likeness (QED) is 0.864. The predicted octanol–water partition coefficient (Wildman–Crippen LogP) is 3.49. The molecule has 5 nitrogen and oxygen atoms in total. The van der Waals surface area contributed by atoms with Crippen molar-refractivity contribution in [1.82, 2.24) is 5.32 Å². The van der Waals surface area contributed by atoms with E-state index >= 15 is 0 Å². The molecule has 26 heavy (non-hydrogen) atoms. The number of hydrogen-bond donors (Lipinski definition) is 1. The van der Waals surface area contributed by atoms with Crippen molar-refractivity contribution in [1.29, 1.82) is 0 Å². The standard InChI is InChI=1S/C21H23NO4/c1-24-13-16-4-2-3-5-17(16)21(23)22-20(14-6-7-14)15-8-9-18-19(12-15)26-11-10-25-18/h2-5,8-9,12,14,20H,6-7,10-11,13H2,1H3,(H,22,23)/t20-/m0/s1. The summed E-state index contributed by atoms with van der Waals surface area (Å²) in [5, 5.41) is 3.23. The summed E-state index contributed by atoms with van der Waals surface area (Å²) in [7, 11) is 1.64. The van der Waals surface area contributed by atoms with Gasteiger partial charge < -0.3 is 19.5 Å². The first-order valence-corrected chi connectivity index (χ1v) is 9.03. The molecular weight excluding hydrogens is 330 g/mol. The van der Waals surface area contributed by atoms with Crippen molar-refractivity contribution < 1.29 is 19.0 Å². The van der Waals surface area contributed by atoms with Gasteiger partial charge in [0.2, 0.25) is 0 Å². The van der Waals surface area contributed by atoms with Gasteiger partial charge >= 0.3 is 0 Å². The molecule has 0 unspecified atom stereocenters. The molecule has 1 aliphatic carbocycles. The van der Waals surface area contributed by atoms with E-state index in [1.54, 1.807) is 7.11 Å². The Morgan fingerprint density at radius 1 is 1.15 bits per heavy atom. The fraction of sp³-hybridized carbons (Fsp3) is 0.381. The lowest BCUT2D eigenvalue weighted by Crippen LogP contribution is -2.30. The number of amides is 1. The number of methoxy groups -OCH3 is 1. The summed E-state index contributed by atoms with van der Waals surface area (Å²) in [6.07, 6.45) is 2.25. The van der Waals surface area contributed by atoms with Crippen LogP contribution in [0.3, 0.4) is 0 Å². The minimum Gasteiger partial charge on any atom is -0.486 e. The molecule has 2 aromatic carbocycles. The highest BCUT2D eigenvalue weighted by atomic mass is 16.6. The number of ether oxygens (including phenoxy) is 3. The lowest BCUT2D eigenvalue weighted by Gasteiger charge is -2.23. The number of nitrogens with one attached hydrogen (secondary N) is 1. The van der Waals surface area contributed by atoms with Crippen molar-refractivity contribution in [2.75, 3.05) is 20.3 Å². The van der Waals surface area contributed by atoms with Crippen molar-refractivity contribution in [3.8, 4) is 11.5 Å². The van der Waals surface area contributed by atoms with Gasteiger partial charge in [-0.25, -0.2) is 0 Å². The molecule has 2 aliphatic rings. The van der Waals surface area contributed by atoms with Crippen molar-refractivity contribution in [2.24, 2.45) is 5.92 Å². The van der Waals surface area contributed by atoms with Gasteiger partial charge in [0.1, 0.15) is 13.2 Å². The predicted molar refractivity (Wildman–Crippen MR) is 97.5 cm³/mol. The summed E-state index contributed by atoms with van der Waals surface area (Å²) in [5.41, 5.74) is 2.62. The van der Waals surface area contributed by atoms with E-state index in [1.165, 1.54) is 0 Å². The molecule has 1 heterocycles. The first kappa shape index (κ1) is 16.9. The normalized spacial score (nSPS) is 16.8. The van der Waals surface area contributed by atoms with E-state index in [9.17, 15) is 4.79 Å². The second kappa shape index (κ2) is 7.38. The minimum absolute atomic E-state index is 0.0195. The molecule has 0 aromatic heterocycles. The summed E-state index contributed by atoms with van der Waals surface area (Å²) in [5.74, 6) is 1.93. The van der Waals surface area contributed by atoms with E-state index in [1.807, 2.05) is 42.5 Å². The van der Waals surface area contributed by atoms with Crippen LogP contribution in [0.4, 0.5) is 0 Å². The second-order valence-corrected chi connectivity index (χ2v) is 6.78.